The number of carboxylic acid groups (broad SMARTS) is 2. The van der Waals surface area contributed by atoms with Crippen LogP contribution in [0.3, 0.4) is 0 Å². The van der Waals surface area contributed by atoms with E-state index in [4.69, 9.17) is 0 Å². The molecule has 0 bridgehead atoms. The molecule has 0 saturated heterocycles. The number of carbonyl (C=O) groups excluding carboxylic acids is 2. The van der Waals surface area contributed by atoms with Crippen LogP contribution in [-0.2, 0) is 20.0 Å². The zero-order valence-corrected chi connectivity index (χ0v) is 22.2. The summed E-state index contributed by atoms with van der Waals surface area (Å²) in [5, 5.41) is 22.0. The van der Waals surface area contributed by atoms with Crippen LogP contribution in [-0.4, -0.2) is 28.8 Å². The van der Waals surface area contributed by atoms with Crippen molar-refractivity contribution < 1.29 is 36.6 Å². The van der Waals surface area contributed by atoms with Crippen molar-refractivity contribution in [3.63, 3.8) is 0 Å². The lowest BCUT2D eigenvalue weighted by Crippen LogP contribution is -2.22. The van der Waals surface area contributed by atoms with Gasteiger partial charge in [-0.15, -0.1) is 0 Å². The highest BCUT2D eigenvalue weighted by Gasteiger charge is 2.16. The average molecular weight is 583 g/mol. The maximum atomic E-state index is 12.7. The molecule has 0 saturated carbocycles. The number of rotatable bonds is 10. The van der Waals surface area contributed by atoms with Crippen LogP contribution in [0.2, 0.25) is 0 Å². The highest BCUT2D eigenvalue weighted by Crippen LogP contribution is 2.30. The molecule has 4 aromatic rings. The molecule has 0 unspecified atom stereocenters. The number of sulfonamides is 2. The summed E-state index contributed by atoms with van der Waals surface area (Å²) < 4.78 is 55.4. The smallest absolute Gasteiger partial charge is 0.261 e. The second kappa shape index (κ2) is 11.2. The molecular weight excluding hydrogens is 564 g/mol. The molecule has 4 rings (SSSR count). The predicted octanol–water partition coefficient (Wildman–Crippen LogP) is 2.17. The first kappa shape index (κ1) is 27.7. The fourth-order valence-corrected chi connectivity index (χ4v) is 6.27. The molecule has 0 aliphatic carbocycles. The molecule has 0 aliphatic rings. The Bertz CT molecular complexity index is 1620. The number of carboxylic acids is 2. The fourth-order valence-electron chi connectivity index (χ4n) is 3.36. The molecule has 0 aliphatic heterocycles. The SMILES string of the molecule is O=C([O-])c1cccc(NS(=O)(=O)c2ccc(Sc3ccc(S(=O)(=O)Nc4cccc(C(=O)[O-])c4)cc3)cc2)c1. The number of benzene rings is 4. The van der Waals surface area contributed by atoms with Crippen molar-refractivity contribution in [1.29, 1.82) is 0 Å². The van der Waals surface area contributed by atoms with E-state index in [1.54, 1.807) is 24.3 Å². The van der Waals surface area contributed by atoms with E-state index in [-0.39, 0.29) is 32.3 Å². The Morgan fingerprint density at radius 1 is 0.564 bits per heavy atom. The first-order valence-electron chi connectivity index (χ1n) is 11.0. The molecule has 0 spiro atoms. The lowest BCUT2D eigenvalue weighted by atomic mass is 10.2. The molecule has 2 N–H and O–H groups in total. The zero-order chi connectivity index (χ0) is 28.2. The maximum absolute atomic E-state index is 12.7. The van der Waals surface area contributed by atoms with Crippen LogP contribution in [0.1, 0.15) is 20.7 Å². The summed E-state index contributed by atoms with van der Waals surface area (Å²) in [6.45, 7) is 0. The highest BCUT2D eigenvalue weighted by molar-refractivity contribution is 7.99. The summed E-state index contributed by atoms with van der Waals surface area (Å²) in [6.07, 6.45) is 0. The third-order valence-electron chi connectivity index (χ3n) is 5.20. The van der Waals surface area contributed by atoms with Crippen LogP contribution in [0.15, 0.2) is 117 Å². The second-order valence-electron chi connectivity index (χ2n) is 7.99. The van der Waals surface area contributed by atoms with Gasteiger partial charge < -0.3 is 19.8 Å². The van der Waals surface area contributed by atoms with Gasteiger partial charge in [0, 0.05) is 21.2 Å². The van der Waals surface area contributed by atoms with E-state index in [9.17, 15) is 36.6 Å². The van der Waals surface area contributed by atoms with Gasteiger partial charge in [0.05, 0.1) is 21.7 Å². The number of nitrogens with one attached hydrogen (secondary N) is 2. The van der Waals surface area contributed by atoms with E-state index in [1.165, 1.54) is 72.4 Å². The van der Waals surface area contributed by atoms with Gasteiger partial charge in [-0.1, -0.05) is 36.0 Å². The molecule has 4 aromatic carbocycles. The van der Waals surface area contributed by atoms with Crippen molar-refractivity contribution in [2.45, 2.75) is 19.6 Å². The van der Waals surface area contributed by atoms with E-state index >= 15 is 0 Å². The molecule has 39 heavy (non-hydrogen) atoms. The Morgan fingerprint density at radius 3 is 1.26 bits per heavy atom. The lowest BCUT2D eigenvalue weighted by Gasteiger charge is -2.11. The molecule has 0 heterocycles. The van der Waals surface area contributed by atoms with E-state index < -0.39 is 32.0 Å². The van der Waals surface area contributed by atoms with Crippen molar-refractivity contribution in [3.8, 4) is 0 Å². The second-order valence-corrected chi connectivity index (χ2v) is 12.5. The van der Waals surface area contributed by atoms with Crippen molar-refractivity contribution in [1.82, 2.24) is 0 Å². The van der Waals surface area contributed by atoms with Gasteiger partial charge in [0.15, 0.2) is 0 Å². The molecule has 0 atom stereocenters. The third-order valence-corrected chi connectivity index (χ3v) is 9.01. The lowest BCUT2D eigenvalue weighted by molar-refractivity contribution is -0.256. The number of hydrogen-bond donors (Lipinski definition) is 2. The van der Waals surface area contributed by atoms with E-state index in [0.29, 0.717) is 9.79 Å². The molecule has 10 nitrogen and oxygen atoms in total. The largest absolute Gasteiger partial charge is 0.545 e. The van der Waals surface area contributed by atoms with Crippen LogP contribution in [0.25, 0.3) is 0 Å². The zero-order valence-electron chi connectivity index (χ0n) is 19.7. The number of hydrogen-bond acceptors (Lipinski definition) is 9. The maximum Gasteiger partial charge on any atom is 0.261 e. The van der Waals surface area contributed by atoms with E-state index in [1.807, 2.05) is 0 Å². The summed E-state index contributed by atoms with van der Waals surface area (Å²) in [6, 6.07) is 22.3. The molecular formula is C26H18N2O8S3-2. The van der Waals surface area contributed by atoms with Gasteiger partial charge in [-0.25, -0.2) is 16.8 Å². The van der Waals surface area contributed by atoms with Crippen molar-refractivity contribution >= 4 is 55.1 Å². The summed E-state index contributed by atoms with van der Waals surface area (Å²) in [5.41, 5.74) is -0.180. The monoisotopic (exact) mass is 582 g/mol. The van der Waals surface area contributed by atoms with Gasteiger partial charge in [0.1, 0.15) is 0 Å². The highest BCUT2D eigenvalue weighted by atomic mass is 32.2. The Kier molecular flexibility index (Phi) is 7.95. The molecule has 0 aromatic heterocycles. The van der Waals surface area contributed by atoms with Gasteiger partial charge in [-0.3, -0.25) is 9.44 Å². The van der Waals surface area contributed by atoms with Crippen molar-refractivity contribution in [3.05, 3.63) is 108 Å². The first-order valence-corrected chi connectivity index (χ1v) is 14.8. The third kappa shape index (κ3) is 6.96. The van der Waals surface area contributed by atoms with Gasteiger partial charge in [-0.05, 0) is 83.9 Å². The minimum absolute atomic E-state index is 0.0408. The molecule has 0 amide bonds. The van der Waals surface area contributed by atoms with E-state index in [0.717, 1.165) is 12.1 Å². The van der Waals surface area contributed by atoms with Crippen LogP contribution in [0.5, 0.6) is 0 Å². The predicted molar refractivity (Wildman–Crippen MR) is 140 cm³/mol. The molecule has 13 heteroatoms. The quantitative estimate of drug-likeness (QED) is 0.284. The van der Waals surface area contributed by atoms with Gasteiger partial charge >= 0.3 is 0 Å². The van der Waals surface area contributed by atoms with Crippen LogP contribution in [0.4, 0.5) is 11.4 Å². The minimum Gasteiger partial charge on any atom is -0.545 e. The van der Waals surface area contributed by atoms with Crippen molar-refractivity contribution in [2.24, 2.45) is 0 Å². The minimum atomic E-state index is -3.98. The summed E-state index contributed by atoms with van der Waals surface area (Å²) in [4.78, 5) is 23.3. The van der Waals surface area contributed by atoms with Crippen molar-refractivity contribution in [2.75, 3.05) is 9.44 Å². The number of aromatic carboxylic acids is 2. The number of anilines is 2. The average Bonchev–Trinajstić information content (AvgIpc) is 2.89. The van der Waals surface area contributed by atoms with Crippen LogP contribution >= 0.6 is 11.8 Å². The van der Waals surface area contributed by atoms with Gasteiger partial charge in [-0.2, -0.15) is 0 Å². The normalized spacial score (nSPS) is 11.5. The Labute approximate surface area is 228 Å². The van der Waals surface area contributed by atoms with E-state index in [2.05, 4.69) is 9.44 Å². The van der Waals surface area contributed by atoms with Gasteiger partial charge in [0.25, 0.3) is 20.0 Å². The molecule has 200 valence electrons. The Balaban J connectivity index is 1.43. The van der Waals surface area contributed by atoms with Gasteiger partial charge in [0.2, 0.25) is 0 Å². The summed E-state index contributed by atoms with van der Waals surface area (Å²) in [5.74, 6) is -2.86. The Morgan fingerprint density at radius 2 is 0.923 bits per heavy atom. The van der Waals surface area contributed by atoms with Crippen LogP contribution < -0.4 is 19.7 Å². The number of carbonyl (C=O) groups is 2. The Hall–Kier alpha value is -4.33. The molecule has 0 radical (unpaired) electrons. The molecule has 0 fully saturated rings. The standard InChI is InChI=1S/C26H20N2O8S3/c29-25(30)17-3-1-5-19(15-17)27-38(33,34)23-11-7-21(8-12-23)37-22-9-13-24(14-10-22)39(35,36)28-20-6-2-4-18(16-20)26(31)32/h1-16,27-28H,(H,29,30)(H,31,32)/p-2. The summed E-state index contributed by atoms with van der Waals surface area (Å²) >= 11 is 1.27. The topological polar surface area (TPSA) is 173 Å². The van der Waals surface area contributed by atoms with Crippen LogP contribution in [0, 0.1) is 0 Å². The first-order chi connectivity index (χ1) is 18.4. The summed E-state index contributed by atoms with van der Waals surface area (Å²) in [7, 11) is -7.97. The fraction of sp³-hybridized carbons (Fsp3) is 0.